The van der Waals surface area contributed by atoms with Crippen molar-refractivity contribution in [1.29, 1.82) is 5.26 Å². The molecule has 0 saturated carbocycles. The van der Waals surface area contributed by atoms with Gasteiger partial charge < -0.3 is 38.0 Å². The first kappa shape index (κ1) is 57.2. The average Bonchev–Trinajstić information content (AvgIpc) is 4.08. The molecule has 1 unspecified atom stereocenters. The number of imidazole rings is 1. The lowest BCUT2D eigenvalue weighted by atomic mass is 9.80. The largest absolute Gasteiger partial charge is 0.497 e. The van der Waals surface area contributed by atoms with Crippen LogP contribution >= 0.6 is 8.53 Å². The van der Waals surface area contributed by atoms with Crippen molar-refractivity contribution in [2.24, 2.45) is 0 Å². The highest BCUT2D eigenvalue weighted by Gasteiger charge is 2.52. The Morgan fingerprint density at radius 2 is 1.40 bits per heavy atom. The lowest BCUT2D eigenvalue weighted by Crippen LogP contribution is -2.43. The number of fused-ring (bicyclic) bond motifs is 1. The zero-order chi connectivity index (χ0) is 56.0. The molecule has 4 aromatic heterocycles. The molecule has 1 fully saturated rings. The Balaban J connectivity index is 1.12. The molecule has 414 valence electrons. The van der Waals surface area contributed by atoms with Gasteiger partial charge in [-0.3, -0.25) is 19.3 Å². The molecule has 0 aliphatic carbocycles. The number of carbonyl (C=O) groups is 1. The Hall–Kier alpha value is -7.52. The third-order valence-corrected chi connectivity index (χ3v) is 16.0. The van der Waals surface area contributed by atoms with Crippen LogP contribution in [-0.4, -0.2) is 105 Å². The van der Waals surface area contributed by atoms with Gasteiger partial charge in [-0.15, -0.1) is 0 Å². The van der Waals surface area contributed by atoms with Crippen LogP contribution in [0.2, 0.25) is 0 Å². The summed E-state index contributed by atoms with van der Waals surface area (Å²) >= 11 is 0. The molecule has 18 heteroatoms. The van der Waals surface area contributed by atoms with E-state index in [1.807, 2.05) is 109 Å². The van der Waals surface area contributed by atoms with Gasteiger partial charge in [-0.05, 0) is 142 Å². The van der Waals surface area contributed by atoms with Gasteiger partial charge in [0.2, 0.25) is 0 Å². The van der Waals surface area contributed by atoms with Gasteiger partial charge in [0.25, 0.3) is 14.4 Å². The van der Waals surface area contributed by atoms with E-state index in [1.165, 1.54) is 6.33 Å². The number of carbonyl (C=O) groups excluding carboxylic acids is 1. The fraction of sp³-hybridized carbons (Fsp3) is 0.339. The summed E-state index contributed by atoms with van der Waals surface area (Å²) in [4.78, 5) is 36.8. The minimum atomic E-state index is -1.86. The maximum Gasteiger partial charge on any atom is 0.259 e. The average molecular weight is 1100 g/mol. The first-order chi connectivity index (χ1) is 39.0. The highest BCUT2D eigenvalue weighted by atomic mass is 31.2. The number of ether oxygens (including phenoxy) is 5. The lowest BCUT2D eigenvalue weighted by Gasteiger charge is -2.39. The number of nitrogens with one attached hydrogen (secondary N) is 1. The minimum Gasteiger partial charge on any atom is -0.497 e. The maximum atomic E-state index is 13.6. The van der Waals surface area contributed by atoms with E-state index in [0.717, 1.165) is 52.0 Å². The summed E-state index contributed by atoms with van der Waals surface area (Å²) in [6, 6.07) is 45.1. The fourth-order valence-electron chi connectivity index (χ4n) is 10.0. The first-order valence-corrected chi connectivity index (χ1v) is 28.1. The molecule has 0 bridgehead atoms. The van der Waals surface area contributed by atoms with Crippen LogP contribution in [0.5, 0.6) is 11.5 Å². The second kappa shape index (κ2) is 27.1. The van der Waals surface area contributed by atoms with Crippen molar-refractivity contribution < 1.29 is 37.5 Å². The number of benzene rings is 4. The van der Waals surface area contributed by atoms with Crippen LogP contribution in [-0.2, 0) is 35.3 Å². The number of anilines is 1. The third kappa shape index (κ3) is 13.2. The molecule has 4 aromatic carbocycles. The van der Waals surface area contributed by atoms with Crippen LogP contribution in [0.3, 0.4) is 0 Å². The second-order valence-corrected chi connectivity index (χ2v) is 21.3. The van der Waals surface area contributed by atoms with Crippen LogP contribution in [0.25, 0.3) is 22.6 Å². The van der Waals surface area contributed by atoms with Gasteiger partial charge in [0, 0.05) is 36.6 Å². The summed E-state index contributed by atoms with van der Waals surface area (Å²) in [6.07, 6.45) is 5.66. The summed E-state index contributed by atoms with van der Waals surface area (Å²) < 4.78 is 51.5. The van der Waals surface area contributed by atoms with Crippen LogP contribution in [0.1, 0.15) is 91.4 Å². The molecule has 1 saturated heterocycles. The van der Waals surface area contributed by atoms with Gasteiger partial charge in [-0.1, -0.05) is 72.8 Å². The number of aromatic nitrogens is 6. The Morgan fingerprint density at radius 3 is 2.04 bits per heavy atom. The van der Waals surface area contributed by atoms with E-state index in [4.69, 9.17) is 42.7 Å². The molecular formula is C62H68N9O8P. The number of unbranched alkanes of at least 4 members (excludes halogenated alkanes) is 1. The molecule has 8 aromatic rings. The molecule has 0 radical (unpaired) electrons. The van der Waals surface area contributed by atoms with Crippen LogP contribution in [0.4, 0.5) is 5.82 Å². The van der Waals surface area contributed by atoms with Gasteiger partial charge in [0.05, 0.1) is 57.6 Å². The van der Waals surface area contributed by atoms with Crippen molar-refractivity contribution in [3.63, 3.8) is 0 Å². The summed E-state index contributed by atoms with van der Waals surface area (Å²) in [5, 5.41) is 12.7. The summed E-state index contributed by atoms with van der Waals surface area (Å²) in [5.74, 6) is 1.26. The molecule has 5 atom stereocenters. The van der Waals surface area contributed by atoms with E-state index in [2.05, 4.69) is 76.9 Å². The van der Waals surface area contributed by atoms with Gasteiger partial charge in [-0.25, -0.2) is 19.6 Å². The number of amides is 1. The zero-order valence-electron chi connectivity index (χ0n) is 46.2. The molecule has 0 spiro atoms. The van der Waals surface area contributed by atoms with E-state index in [9.17, 15) is 10.1 Å². The molecule has 80 heavy (non-hydrogen) atoms. The molecule has 1 amide bonds. The number of methoxy groups -OCH3 is 2. The highest BCUT2D eigenvalue weighted by Crippen LogP contribution is 2.52. The van der Waals surface area contributed by atoms with E-state index in [0.29, 0.717) is 41.3 Å². The van der Waals surface area contributed by atoms with Crippen molar-refractivity contribution in [2.45, 2.75) is 103 Å². The van der Waals surface area contributed by atoms with Gasteiger partial charge in [0.15, 0.2) is 23.2 Å². The lowest BCUT2D eigenvalue weighted by molar-refractivity contribution is -0.0954. The van der Waals surface area contributed by atoms with Crippen LogP contribution in [0.15, 0.2) is 159 Å². The SMILES string of the molecule is COc1ccc(C(OC[C@H]2O[C@@H](n3cnc4c(NC(=O)c5ccccc5)ncnc43)[C@H](OCCCCc3ccnc(-c4cc(C)ccn4)c3)[C@@H]2OP(OCCC#N)N(C(C)C)C(C)C)(c2ccccc2)c2ccc(OC)cc2)cc1. The third-order valence-electron chi connectivity index (χ3n) is 13.9. The summed E-state index contributed by atoms with van der Waals surface area (Å²) in [6.45, 7) is 10.9. The quantitative estimate of drug-likeness (QED) is 0.0306. The van der Waals surface area contributed by atoms with E-state index in [-0.39, 0.29) is 43.4 Å². The van der Waals surface area contributed by atoms with Crippen LogP contribution in [0, 0.1) is 18.3 Å². The predicted molar refractivity (Wildman–Crippen MR) is 307 cm³/mol. The predicted octanol–water partition coefficient (Wildman–Crippen LogP) is 11.8. The maximum absolute atomic E-state index is 13.6. The number of aryl methyl sites for hydroxylation is 2. The van der Waals surface area contributed by atoms with Gasteiger partial charge in [0.1, 0.15) is 41.7 Å². The van der Waals surface area contributed by atoms with E-state index in [1.54, 1.807) is 51.0 Å². The highest BCUT2D eigenvalue weighted by molar-refractivity contribution is 7.44. The number of nitriles is 1. The van der Waals surface area contributed by atoms with Crippen molar-refractivity contribution >= 4 is 31.4 Å². The number of hydrogen-bond acceptors (Lipinski definition) is 15. The number of rotatable bonds is 26. The van der Waals surface area contributed by atoms with Crippen molar-refractivity contribution in [3.8, 4) is 29.0 Å². The molecule has 1 N–H and O–H groups in total. The molecular weight excluding hydrogens is 1030 g/mol. The van der Waals surface area contributed by atoms with E-state index >= 15 is 0 Å². The number of pyridine rings is 2. The van der Waals surface area contributed by atoms with Gasteiger partial charge in [-0.2, -0.15) is 5.26 Å². The second-order valence-electron chi connectivity index (χ2n) is 19.9. The molecule has 9 rings (SSSR count). The normalized spacial score (nSPS) is 16.8. The molecule has 1 aliphatic heterocycles. The number of nitrogens with zero attached hydrogens (tertiary/aromatic N) is 8. The van der Waals surface area contributed by atoms with Gasteiger partial charge >= 0.3 is 0 Å². The fourth-order valence-corrected chi connectivity index (χ4v) is 11.8. The summed E-state index contributed by atoms with van der Waals surface area (Å²) in [7, 11) is 1.43. The topological polar surface area (TPSA) is 190 Å². The Bertz CT molecular complexity index is 3250. The van der Waals surface area contributed by atoms with Crippen molar-refractivity contribution in [1.82, 2.24) is 34.2 Å². The van der Waals surface area contributed by atoms with Crippen molar-refractivity contribution in [3.05, 3.63) is 192 Å². The molecule has 1 aliphatic rings. The number of hydrogen-bond donors (Lipinski definition) is 1. The van der Waals surface area contributed by atoms with Crippen molar-refractivity contribution in [2.75, 3.05) is 39.4 Å². The smallest absolute Gasteiger partial charge is 0.259 e. The Kier molecular flexibility index (Phi) is 19.4. The minimum absolute atomic E-state index is 0.0135. The van der Waals surface area contributed by atoms with E-state index < -0.39 is 38.7 Å². The Morgan fingerprint density at radius 1 is 0.762 bits per heavy atom. The Labute approximate surface area is 469 Å². The summed E-state index contributed by atoms with van der Waals surface area (Å²) in [5.41, 5.74) is 6.42. The molecule has 17 nitrogen and oxygen atoms in total. The first-order valence-electron chi connectivity index (χ1n) is 26.9. The molecule has 5 heterocycles. The standard InChI is InChI=1S/C62H68N9O8P/c1-42(2)71(43(3)4)80(77-36-16-32-63)79-56-54(39-76-62(47-20-12-9-13-21-47,48-22-26-50(73-6)27-23-48)49-24-28-51(74-7)29-25-49)78-61(70-41-68-55-58(66-40-67-59(55)70)69-60(72)46-18-10-8-11-19-46)57(56)75-35-15-14-17-45-31-34-65-53(38-45)52-37-44(5)30-33-64-52/h8-13,18-31,33-34,37-38,40-43,54,56-57,61H,14-17,35-36,39H2,1-7H3,(H,66,67,69,72)/t54-,56-,57-,61-,80?/m1/s1. The van der Waals surface area contributed by atoms with Crippen LogP contribution < -0.4 is 14.8 Å². The zero-order valence-corrected chi connectivity index (χ0v) is 47.1. The monoisotopic (exact) mass is 1100 g/mol.